The van der Waals surface area contributed by atoms with Crippen LogP contribution in [0.2, 0.25) is 0 Å². The molecule has 0 aromatic heterocycles. The molecule has 72 valence electrons. The minimum Gasteiger partial charge on any atom is -0.306 e. The van der Waals surface area contributed by atoms with E-state index in [0.717, 1.165) is 14.2 Å². The predicted molar refractivity (Wildman–Crippen MR) is 46.9 cm³/mol. The number of hydrogen-bond acceptors (Lipinski definition) is 4. The lowest BCUT2D eigenvalue weighted by Crippen LogP contribution is -2.20. The predicted octanol–water partition coefficient (Wildman–Crippen LogP) is 2.37. The summed E-state index contributed by atoms with van der Waals surface area (Å²) in [5.41, 5.74) is -1.20. The molecular formula is C4H6Cl3O4P. The molecule has 0 aromatic rings. The Hall–Kier alpha value is 0.690. The lowest BCUT2D eigenvalue weighted by molar-refractivity contribution is -0.112. The fourth-order valence-corrected chi connectivity index (χ4v) is 2.12. The Bertz CT molecular complexity index is 215. The van der Waals surface area contributed by atoms with Gasteiger partial charge in [0.05, 0.1) is 0 Å². The van der Waals surface area contributed by atoms with Crippen LogP contribution in [0.3, 0.4) is 0 Å². The molecule has 4 nitrogen and oxygen atoms in total. The number of halogens is 3. The van der Waals surface area contributed by atoms with E-state index < -0.39 is 16.9 Å². The van der Waals surface area contributed by atoms with E-state index in [0.29, 0.717) is 0 Å². The average Bonchev–Trinajstić information content (AvgIpc) is 2.00. The van der Waals surface area contributed by atoms with Crippen LogP contribution in [0, 0.1) is 0 Å². The summed E-state index contributed by atoms with van der Waals surface area (Å²) in [6.45, 7) is 0. The zero-order valence-corrected chi connectivity index (χ0v) is 9.38. The van der Waals surface area contributed by atoms with Crippen LogP contribution in [-0.2, 0) is 18.4 Å². The molecular weight excluding hydrogens is 249 g/mol. The Morgan fingerprint density at radius 3 is 1.67 bits per heavy atom. The van der Waals surface area contributed by atoms with Crippen molar-refractivity contribution in [1.29, 1.82) is 0 Å². The van der Waals surface area contributed by atoms with Gasteiger partial charge in [-0.2, -0.15) is 0 Å². The van der Waals surface area contributed by atoms with Crippen molar-refractivity contribution in [3.63, 3.8) is 0 Å². The second-order valence-corrected chi connectivity index (χ2v) is 6.08. The largest absolute Gasteiger partial charge is 0.400 e. The molecule has 0 heterocycles. The maximum atomic E-state index is 11.3. The van der Waals surface area contributed by atoms with E-state index in [1.165, 1.54) is 0 Å². The van der Waals surface area contributed by atoms with Gasteiger partial charge in [0.25, 0.3) is 9.32 Å². The Morgan fingerprint density at radius 1 is 1.25 bits per heavy atom. The van der Waals surface area contributed by atoms with Gasteiger partial charge in [-0.1, -0.05) is 34.8 Å². The van der Waals surface area contributed by atoms with Crippen LogP contribution >= 0.6 is 42.4 Å². The Balaban J connectivity index is 4.80. The highest BCUT2D eigenvalue weighted by atomic mass is 35.6. The molecule has 0 unspecified atom stereocenters. The van der Waals surface area contributed by atoms with Crippen molar-refractivity contribution < 1.29 is 18.4 Å². The molecule has 0 aliphatic rings. The van der Waals surface area contributed by atoms with E-state index >= 15 is 0 Å². The van der Waals surface area contributed by atoms with Crippen LogP contribution in [0.25, 0.3) is 0 Å². The number of alkyl halides is 3. The molecule has 0 N–H and O–H groups in total. The van der Waals surface area contributed by atoms with Crippen molar-refractivity contribution in [2.45, 2.75) is 3.79 Å². The molecule has 0 rings (SSSR count). The summed E-state index contributed by atoms with van der Waals surface area (Å²) in [6.07, 6.45) is 0. The second kappa shape index (κ2) is 4.27. The molecule has 0 aliphatic carbocycles. The summed E-state index contributed by atoms with van der Waals surface area (Å²) >= 11 is 15.5. The quantitative estimate of drug-likeness (QED) is 0.574. The van der Waals surface area contributed by atoms with Gasteiger partial charge in [0.1, 0.15) is 0 Å². The zero-order valence-electron chi connectivity index (χ0n) is 6.21. The summed E-state index contributed by atoms with van der Waals surface area (Å²) in [4.78, 5) is 11.0. The van der Waals surface area contributed by atoms with Crippen LogP contribution in [0.15, 0.2) is 0 Å². The van der Waals surface area contributed by atoms with Crippen molar-refractivity contribution in [3.8, 4) is 0 Å². The zero-order chi connectivity index (χ0) is 9.99. The van der Waals surface area contributed by atoms with E-state index in [1.807, 2.05) is 0 Å². The van der Waals surface area contributed by atoms with Crippen LogP contribution in [0.1, 0.15) is 0 Å². The first kappa shape index (κ1) is 12.7. The van der Waals surface area contributed by atoms with Gasteiger partial charge in [-0.05, 0) is 0 Å². The first-order valence-electron chi connectivity index (χ1n) is 2.61. The fraction of sp³-hybridized carbons (Fsp3) is 0.750. The Labute approximate surface area is 84.6 Å². The van der Waals surface area contributed by atoms with Crippen LogP contribution < -0.4 is 0 Å². The molecule has 0 saturated heterocycles. The molecule has 0 amide bonds. The summed E-state index contributed by atoms with van der Waals surface area (Å²) in [5.74, 6) is 0. The van der Waals surface area contributed by atoms with Gasteiger partial charge < -0.3 is 9.05 Å². The second-order valence-electron chi connectivity index (χ2n) is 1.67. The highest BCUT2D eigenvalue weighted by molar-refractivity contribution is 7.73. The molecule has 0 saturated carbocycles. The van der Waals surface area contributed by atoms with E-state index in [9.17, 15) is 9.36 Å². The number of hydrogen-bond donors (Lipinski definition) is 0. The minimum atomic E-state index is -3.93. The SMILES string of the molecule is COP(=O)(OC)C(=O)C(Cl)(Cl)Cl. The average molecular weight is 255 g/mol. The van der Waals surface area contributed by atoms with Gasteiger partial charge in [0.2, 0.25) is 0 Å². The Morgan fingerprint density at radius 2 is 1.58 bits per heavy atom. The van der Waals surface area contributed by atoms with Crippen molar-refractivity contribution >= 4 is 47.9 Å². The van der Waals surface area contributed by atoms with Gasteiger partial charge in [-0.25, -0.2) is 0 Å². The first-order valence-corrected chi connectivity index (χ1v) is 5.29. The third-order valence-corrected chi connectivity index (χ3v) is 3.68. The van der Waals surface area contributed by atoms with Crippen LogP contribution in [0.4, 0.5) is 0 Å². The molecule has 0 aromatic carbocycles. The van der Waals surface area contributed by atoms with E-state index in [4.69, 9.17) is 34.8 Å². The monoisotopic (exact) mass is 254 g/mol. The van der Waals surface area contributed by atoms with E-state index in [-0.39, 0.29) is 0 Å². The van der Waals surface area contributed by atoms with E-state index in [1.54, 1.807) is 0 Å². The first-order chi connectivity index (χ1) is 5.28. The van der Waals surface area contributed by atoms with Crippen molar-refractivity contribution in [2.75, 3.05) is 14.2 Å². The lowest BCUT2D eigenvalue weighted by Gasteiger charge is -2.15. The van der Waals surface area contributed by atoms with Crippen molar-refractivity contribution in [1.82, 2.24) is 0 Å². The summed E-state index contributed by atoms with van der Waals surface area (Å²) < 4.78 is 17.6. The van der Waals surface area contributed by atoms with Crippen molar-refractivity contribution in [2.24, 2.45) is 0 Å². The third kappa shape index (κ3) is 2.87. The smallest absolute Gasteiger partial charge is 0.306 e. The summed E-state index contributed by atoms with van der Waals surface area (Å²) in [5, 5.41) is 0. The standard InChI is InChI=1S/C4H6Cl3O4P/c1-10-12(9,11-2)3(8)4(5,6)7/h1-2H3. The lowest BCUT2D eigenvalue weighted by atomic mass is 10.9. The number of rotatable bonds is 3. The molecule has 0 radical (unpaired) electrons. The number of carbonyl (C=O) groups is 1. The van der Waals surface area contributed by atoms with Gasteiger partial charge in [0.15, 0.2) is 0 Å². The topological polar surface area (TPSA) is 52.6 Å². The normalized spacial score (nSPS) is 13.1. The highest BCUT2D eigenvalue weighted by Gasteiger charge is 2.46. The molecule has 0 aliphatic heterocycles. The molecule has 0 spiro atoms. The van der Waals surface area contributed by atoms with Gasteiger partial charge in [-0.15, -0.1) is 0 Å². The maximum absolute atomic E-state index is 11.3. The van der Waals surface area contributed by atoms with E-state index in [2.05, 4.69) is 9.05 Å². The van der Waals surface area contributed by atoms with Gasteiger partial charge >= 0.3 is 7.60 Å². The van der Waals surface area contributed by atoms with Crippen LogP contribution in [0.5, 0.6) is 0 Å². The number of carbonyl (C=O) groups excluding carboxylic acids is 1. The maximum Gasteiger partial charge on any atom is 0.400 e. The van der Waals surface area contributed by atoms with Crippen molar-refractivity contribution in [3.05, 3.63) is 0 Å². The minimum absolute atomic E-state index is 1.03. The Kier molecular flexibility index (Phi) is 4.51. The molecule has 0 bridgehead atoms. The van der Waals surface area contributed by atoms with Crippen LogP contribution in [-0.4, -0.2) is 23.5 Å². The molecule has 12 heavy (non-hydrogen) atoms. The highest BCUT2D eigenvalue weighted by Crippen LogP contribution is 2.53. The van der Waals surface area contributed by atoms with Gasteiger partial charge in [0, 0.05) is 14.2 Å². The summed E-state index contributed by atoms with van der Waals surface area (Å²) in [7, 11) is -1.88. The molecule has 0 atom stereocenters. The van der Waals surface area contributed by atoms with Gasteiger partial charge in [-0.3, -0.25) is 9.36 Å². The fourth-order valence-electron chi connectivity index (χ4n) is 0.396. The molecule has 8 heteroatoms. The third-order valence-electron chi connectivity index (χ3n) is 0.972. The summed E-state index contributed by atoms with van der Waals surface area (Å²) in [6, 6.07) is 0. The molecule has 0 fully saturated rings.